The number of amides is 1. The fourth-order valence-corrected chi connectivity index (χ4v) is 5.14. The monoisotopic (exact) mass is 480 g/mol. The van der Waals surface area contributed by atoms with Crippen LogP contribution in [0.4, 0.5) is 5.69 Å². The Kier molecular flexibility index (Phi) is 6.62. The van der Waals surface area contributed by atoms with E-state index >= 15 is 0 Å². The van der Waals surface area contributed by atoms with Crippen molar-refractivity contribution in [2.24, 2.45) is 0 Å². The van der Waals surface area contributed by atoms with Crippen LogP contribution in [-0.2, 0) is 30.8 Å². The second kappa shape index (κ2) is 9.97. The number of nitrogens with one attached hydrogen (secondary N) is 1. The van der Waals surface area contributed by atoms with Crippen molar-refractivity contribution < 1.29 is 19.0 Å². The molecule has 3 aromatic rings. The maximum absolute atomic E-state index is 12.8. The van der Waals surface area contributed by atoms with E-state index in [2.05, 4.69) is 27.6 Å². The van der Waals surface area contributed by atoms with Crippen LogP contribution in [0.15, 0.2) is 41.6 Å². The van der Waals surface area contributed by atoms with Gasteiger partial charge in [0.25, 0.3) is 0 Å². The third-order valence-corrected chi connectivity index (χ3v) is 7.17. The second-order valence-electron chi connectivity index (χ2n) is 8.39. The Morgan fingerprint density at radius 1 is 1.12 bits per heavy atom. The quantitative estimate of drug-likeness (QED) is 0.471. The van der Waals surface area contributed by atoms with Crippen molar-refractivity contribution in [2.45, 2.75) is 63.1 Å². The Labute approximate surface area is 203 Å². The lowest BCUT2D eigenvalue weighted by molar-refractivity contribution is -0.115. The smallest absolute Gasteiger partial charge is 0.237 e. The molecule has 0 spiro atoms. The van der Waals surface area contributed by atoms with Crippen molar-refractivity contribution >= 4 is 23.4 Å². The highest BCUT2D eigenvalue weighted by Gasteiger charge is 2.21. The highest BCUT2D eigenvalue weighted by molar-refractivity contribution is 8.00. The number of carbonyl (C=O) groups is 1. The van der Waals surface area contributed by atoms with Crippen molar-refractivity contribution in [3.63, 3.8) is 0 Å². The van der Waals surface area contributed by atoms with Crippen LogP contribution in [0.5, 0.6) is 17.2 Å². The van der Waals surface area contributed by atoms with E-state index in [1.807, 2.05) is 24.5 Å². The van der Waals surface area contributed by atoms with E-state index < -0.39 is 0 Å². The molecule has 1 aromatic heterocycles. The number of hydrogen-bond donors (Lipinski definition) is 1. The molecule has 0 unspecified atom stereocenters. The maximum Gasteiger partial charge on any atom is 0.237 e. The SMILES string of the molecule is CCn1c(COc2ccc3c(c2)CCCC3)nnc1S[C@H](C)C(=O)Nc1ccc2c(c1)OCO2. The van der Waals surface area contributed by atoms with Gasteiger partial charge in [-0.15, -0.1) is 10.2 Å². The number of aryl methyl sites for hydroxylation is 2. The molecule has 1 aliphatic heterocycles. The van der Waals surface area contributed by atoms with Crippen molar-refractivity contribution in [1.29, 1.82) is 0 Å². The molecule has 9 heteroatoms. The summed E-state index contributed by atoms with van der Waals surface area (Å²) in [6.45, 7) is 5.11. The zero-order valence-corrected chi connectivity index (χ0v) is 20.2. The van der Waals surface area contributed by atoms with Gasteiger partial charge in [-0.1, -0.05) is 17.8 Å². The normalized spacial score (nSPS) is 15.0. The number of anilines is 1. The van der Waals surface area contributed by atoms with Crippen LogP contribution < -0.4 is 19.5 Å². The Balaban J connectivity index is 1.20. The van der Waals surface area contributed by atoms with Crippen molar-refractivity contribution in [1.82, 2.24) is 14.8 Å². The minimum absolute atomic E-state index is 0.124. The highest BCUT2D eigenvalue weighted by Crippen LogP contribution is 2.34. The fraction of sp³-hybridized carbons (Fsp3) is 0.400. The molecule has 0 radical (unpaired) electrons. The molecular weight excluding hydrogens is 452 g/mol. The lowest BCUT2D eigenvalue weighted by Gasteiger charge is -2.17. The zero-order chi connectivity index (χ0) is 23.5. The van der Waals surface area contributed by atoms with Crippen molar-refractivity contribution in [3.8, 4) is 17.2 Å². The van der Waals surface area contributed by atoms with Gasteiger partial charge in [-0.05, 0) is 74.9 Å². The Morgan fingerprint density at radius 2 is 1.94 bits per heavy atom. The second-order valence-corrected chi connectivity index (χ2v) is 9.69. The maximum atomic E-state index is 12.8. The average molecular weight is 481 g/mol. The molecule has 8 nitrogen and oxygen atoms in total. The number of rotatable bonds is 8. The summed E-state index contributed by atoms with van der Waals surface area (Å²) in [4.78, 5) is 12.8. The zero-order valence-electron chi connectivity index (χ0n) is 19.4. The Morgan fingerprint density at radius 3 is 2.79 bits per heavy atom. The average Bonchev–Trinajstić information content (AvgIpc) is 3.48. The van der Waals surface area contributed by atoms with Gasteiger partial charge in [0.15, 0.2) is 22.5 Å². The van der Waals surface area contributed by atoms with E-state index in [1.54, 1.807) is 18.2 Å². The number of thioether (sulfide) groups is 1. The van der Waals surface area contributed by atoms with Crippen LogP contribution in [0.2, 0.25) is 0 Å². The molecule has 1 aliphatic carbocycles. The number of nitrogens with zero attached hydrogens (tertiary/aromatic N) is 3. The first-order valence-electron chi connectivity index (χ1n) is 11.6. The number of benzene rings is 2. The van der Waals surface area contributed by atoms with Gasteiger partial charge in [-0.2, -0.15) is 0 Å². The number of fused-ring (bicyclic) bond motifs is 2. The van der Waals surface area contributed by atoms with Crippen LogP contribution in [0.3, 0.4) is 0 Å². The minimum Gasteiger partial charge on any atom is -0.486 e. The van der Waals surface area contributed by atoms with E-state index in [0.717, 1.165) is 24.4 Å². The largest absolute Gasteiger partial charge is 0.486 e. The molecule has 0 saturated carbocycles. The number of aromatic nitrogens is 3. The standard InChI is InChI=1S/C25H28N4O4S/c1-3-29-23(14-31-20-10-8-17-6-4-5-7-18(17)12-20)27-28-25(29)34-16(2)24(30)26-19-9-11-21-22(13-19)33-15-32-21/h8-13,16H,3-7,14-15H2,1-2H3,(H,26,30)/t16-/m1/s1. The number of ether oxygens (including phenoxy) is 3. The van der Waals surface area contributed by atoms with Crippen LogP contribution in [0.1, 0.15) is 43.6 Å². The summed E-state index contributed by atoms with van der Waals surface area (Å²) in [5.74, 6) is 2.79. The number of carbonyl (C=O) groups excluding carboxylic acids is 1. The summed E-state index contributed by atoms with van der Waals surface area (Å²) in [5.41, 5.74) is 3.49. The summed E-state index contributed by atoms with van der Waals surface area (Å²) >= 11 is 1.37. The predicted molar refractivity (Wildman–Crippen MR) is 130 cm³/mol. The molecular formula is C25H28N4O4S. The first kappa shape index (κ1) is 22.6. The van der Waals surface area contributed by atoms with E-state index in [-0.39, 0.29) is 18.0 Å². The highest BCUT2D eigenvalue weighted by atomic mass is 32.2. The number of hydrogen-bond acceptors (Lipinski definition) is 7. The Bertz CT molecular complexity index is 1200. The molecule has 178 valence electrons. The summed E-state index contributed by atoms with van der Waals surface area (Å²) in [6.07, 6.45) is 4.77. The molecule has 2 aromatic carbocycles. The van der Waals surface area contributed by atoms with Gasteiger partial charge in [-0.3, -0.25) is 4.79 Å². The molecule has 2 aliphatic rings. The lowest BCUT2D eigenvalue weighted by atomic mass is 9.92. The topological polar surface area (TPSA) is 87.5 Å². The minimum atomic E-state index is -0.366. The van der Waals surface area contributed by atoms with E-state index in [9.17, 15) is 4.79 Å². The Hall–Kier alpha value is -3.20. The summed E-state index contributed by atoms with van der Waals surface area (Å²) in [7, 11) is 0. The van der Waals surface area contributed by atoms with Gasteiger partial charge >= 0.3 is 0 Å². The molecule has 1 atom stereocenters. The van der Waals surface area contributed by atoms with Crippen LogP contribution in [0.25, 0.3) is 0 Å². The van der Waals surface area contributed by atoms with Crippen molar-refractivity contribution in [2.75, 3.05) is 12.1 Å². The summed E-state index contributed by atoms with van der Waals surface area (Å²) in [5, 5.41) is 11.9. The summed E-state index contributed by atoms with van der Waals surface area (Å²) < 4.78 is 18.7. The lowest BCUT2D eigenvalue weighted by Crippen LogP contribution is -2.23. The molecule has 1 amide bonds. The molecule has 5 rings (SSSR count). The molecule has 0 bridgehead atoms. The molecule has 1 N–H and O–H groups in total. The van der Waals surface area contributed by atoms with Gasteiger partial charge < -0.3 is 24.1 Å². The predicted octanol–water partition coefficient (Wildman–Crippen LogP) is 4.60. The molecule has 0 fully saturated rings. The van der Waals surface area contributed by atoms with Gasteiger partial charge in [0.05, 0.1) is 5.25 Å². The molecule has 34 heavy (non-hydrogen) atoms. The molecule has 0 saturated heterocycles. The van der Waals surface area contributed by atoms with Crippen molar-refractivity contribution in [3.05, 3.63) is 53.3 Å². The first-order chi connectivity index (χ1) is 16.6. The third kappa shape index (κ3) is 4.84. The third-order valence-electron chi connectivity index (χ3n) is 6.09. The summed E-state index contributed by atoms with van der Waals surface area (Å²) in [6, 6.07) is 11.7. The van der Waals surface area contributed by atoms with Gasteiger partial charge in [-0.25, -0.2) is 0 Å². The van der Waals surface area contributed by atoms with Gasteiger partial charge in [0.2, 0.25) is 12.7 Å². The van der Waals surface area contributed by atoms with Crippen LogP contribution >= 0.6 is 11.8 Å². The molecule has 2 heterocycles. The van der Waals surface area contributed by atoms with Gasteiger partial charge in [0, 0.05) is 18.3 Å². The van der Waals surface area contributed by atoms with E-state index in [4.69, 9.17) is 14.2 Å². The van der Waals surface area contributed by atoms with E-state index in [0.29, 0.717) is 35.5 Å². The fourth-order valence-electron chi connectivity index (χ4n) is 4.21. The van der Waals surface area contributed by atoms with Crippen LogP contribution in [-0.4, -0.2) is 32.7 Å². The van der Waals surface area contributed by atoms with E-state index in [1.165, 1.54) is 35.7 Å². The first-order valence-corrected chi connectivity index (χ1v) is 12.5. The van der Waals surface area contributed by atoms with Gasteiger partial charge in [0.1, 0.15) is 12.4 Å². The van der Waals surface area contributed by atoms with Crippen LogP contribution in [0, 0.1) is 0 Å².